The van der Waals surface area contributed by atoms with Gasteiger partial charge in [-0.3, -0.25) is 4.98 Å². The highest BCUT2D eigenvalue weighted by Crippen LogP contribution is 2.41. The zero-order chi connectivity index (χ0) is 24.9. The Morgan fingerprint density at radius 2 is 1.71 bits per heavy atom. The third-order valence-electron chi connectivity index (χ3n) is 5.36. The number of fused-ring (bicyclic) bond motifs is 1. The second kappa shape index (κ2) is 10.6. The van der Waals surface area contributed by atoms with Crippen molar-refractivity contribution in [1.29, 1.82) is 0 Å². The van der Waals surface area contributed by atoms with Gasteiger partial charge in [0.2, 0.25) is 0 Å². The van der Waals surface area contributed by atoms with E-state index < -0.39 is 6.16 Å². The summed E-state index contributed by atoms with van der Waals surface area (Å²) in [5, 5.41) is 10.5. The largest absolute Gasteiger partial charge is 0.514 e. The van der Waals surface area contributed by atoms with Gasteiger partial charge in [0.15, 0.2) is 5.75 Å². The molecule has 35 heavy (non-hydrogen) atoms. The number of carbonyl (C=O) groups excluding carboxylic acids is 1. The van der Waals surface area contributed by atoms with Gasteiger partial charge in [-0.15, -0.1) is 0 Å². The molecule has 4 rings (SSSR count). The minimum Gasteiger partial charge on any atom is -0.457 e. The summed E-state index contributed by atoms with van der Waals surface area (Å²) in [6, 6.07) is 18.5. The molecule has 0 bridgehead atoms. The molecular weight excluding hydrogens is 466 g/mol. The highest BCUT2D eigenvalue weighted by molar-refractivity contribution is 6.32. The van der Waals surface area contributed by atoms with Gasteiger partial charge in [0, 0.05) is 21.7 Å². The number of aliphatic hydroxyl groups excluding tert-OH is 1. The Hall–Kier alpha value is -3.87. The van der Waals surface area contributed by atoms with Crippen molar-refractivity contribution in [3.05, 3.63) is 95.2 Å². The van der Waals surface area contributed by atoms with Crippen LogP contribution in [0.25, 0.3) is 22.0 Å². The Balaban J connectivity index is 1.78. The second-order valence-electron chi connectivity index (χ2n) is 7.91. The van der Waals surface area contributed by atoms with Gasteiger partial charge in [-0.05, 0) is 61.4 Å². The number of aromatic nitrogens is 1. The molecule has 178 valence electrons. The molecule has 3 aromatic carbocycles. The summed E-state index contributed by atoms with van der Waals surface area (Å²) in [4.78, 5) is 17.1. The van der Waals surface area contributed by atoms with Gasteiger partial charge >= 0.3 is 6.16 Å². The third kappa shape index (κ3) is 5.45. The van der Waals surface area contributed by atoms with E-state index >= 15 is 0 Å². The van der Waals surface area contributed by atoms with Gasteiger partial charge in [0.1, 0.15) is 18.1 Å². The van der Waals surface area contributed by atoms with Gasteiger partial charge in [-0.2, -0.15) is 0 Å². The fourth-order valence-electron chi connectivity index (χ4n) is 3.65. The fourth-order valence-corrected chi connectivity index (χ4v) is 3.88. The minimum absolute atomic E-state index is 0.0105. The molecule has 1 aromatic heterocycles. The van der Waals surface area contributed by atoms with Gasteiger partial charge in [0.05, 0.1) is 12.1 Å². The average Bonchev–Trinajstić information content (AvgIpc) is 2.85. The van der Waals surface area contributed by atoms with Crippen molar-refractivity contribution in [2.75, 3.05) is 6.61 Å². The topological polar surface area (TPSA) is 77.9 Å². The summed E-state index contributed by atoms with van der Waals surface area (Å²) < 4.78 is 16.6. The Morgan fingerprint density at radius 3 is 2.34 bits per heavy atom. The maximum atomic E-state index is 12.4. The molecule has 0 unspecified atom stereocenters. The van der Waals surface area contributed by atoms with Crippen molar-refractivity contribution >= 4 is 28.7 Å². The zero-order valence-corrected chi connectivity index (χ0v) is 20.1. The molecular formula is C28H24ClNO5. The van der Waals surface area contributed by atoms with Gasteiger partial charge in [-0.1, -0.05) is 54.1 Å². The van der Waals surface area contributed by atoms with Crippen LogP contribution in [-0.2, 0) is 11.3 Å². The molecule has 0 aliphatic heterocycles. The number of rotatable bonds is 7. The lowest BCUT2D eigenvalue weighted by Gasteiger charge is -2.17. The van der Waals surface area contributed by atoms with Crippen LogP contribution in [0.15, 0.2) is 73.3 Å². The SMILES string of the molecule is C=CCOC(=O)Oc1c(-c2ccc(Oc3ccc(C)cc3)cc2)c(C)nc2cc(CO)c(Cl)cc12. The molecule has 0 aliphatic rings. The van der Waals surface area contributed by atoms with Crippen LogP contribution in [-0.4, -0.2) is 22.9 Å². The highest BCUT2D eigenvalue weighted by Gasteiger charge is 2.21. The smallest absolute Gasteiger partial charge is 0.457 e. The minimum atomic E-state index is -0.875. The molecule has 0 aliphatic carbocycles. The van der Waals surface area contributed by atoms with Crippen molar-refractivity contribution in [2.24, 2.45) is 0 Å². The Bertz CT molecular complexity index is 1380. The summed E-state index contributed by atoms with van der Waals surface area (Å²) >= 11 is 6.35. The van der Waals surface area contributed by atoms with E-state index in [1.54, 1.807) is 12.1 Å². The van der Waals surface area contributed by atoms with E-state index in [4.69, 9.17) is 25.8 Å². The first kappa shape index (κ1) is 24.3. The maximum Gasteiger partial charge on any atom is 0.514 e. The van der Waals surface area contributed by atoms with Crippen molar-refractivity contribution in [3.8, 4) is 28.4 Å². The Labute approximate surface area is 208 Å². The van der Waals surface area contributed by atoms with Crippen LogP contribution in [0.3, 0.4) is 0 Å². The van der Waals surface area contributed by atoms with E-state index in [2.05, 4.69) is 11.6 Å². The fraction of sp³-hybridized carbons (Fsp3) is 0.143. The monoisotopic (exact) mass is 489 g/mol. The number of pyridine rings is 1. The Kier molecular flexibility index (Phi) is 7.34. The predicted molar refractivity (Wildman–Crippen MR) is 136 cm³/mol. The van der Waals surface area contributed by atoms with Crippen molar-refractivity contribution < 1.29 is 24.1 Å². The van der Waals surface area contributed by atoms with E-state index in [1.807, 2.05) is 62.4 Å². The lowest BCUT2D eigenvalue weighted by molar-refractivity contribution is 0.110. The molecule has 1 heterocycles. The molecule has 0 saturated carbocycles. The van der Waals surface area contributed by atoms with Crippen molar-refractivity contribution in [1.82, 2.24) is 4.98 Å². The van der Waals surface area contributed by atoms with Crippen molar-refractivity contribution in [2.45, 2.75) is 20.5 Å². The van der Waals surface area contributed by atoms with E-state index in [1.165, 1.54) is 6.08 Å². The number of nitrogens with zero attached hydrogens (tertiary/aromatic N) is 1. The number of benzene rings is 3. The van der Waals surface area contributed by atoms with Crippen LogP contribution < -0.4 is 9.47 Å². The third-order valence-corrected chi connectivity index (χ3v) is 5.71. The van der Waals surface area contributed by atoms with E-state index in [-0.39, 0.29) is 19.0 Å². The summed E-state index contributed by atoms with van der Waals surface area (Å²) in [6.07, 6.45) is 0.578. The summed E-state index contributed by atoms with van der Waals surface area (Å²) in [6.45, 7) is 7.16. The lowest BCUT2D eigenvalue weighted by Crippen LogP contribution is -2.12. The van der Waals surface area contributed by atoms with E-state index in [0.29, 0.717) is 38.5 Å². The molecule has 0 fully saturated rings. The molecule has 0 spiro atoms. The first-order chi connectivity index (χ1) is 16.9. The van der Waals surface area contributed by atoms with Crippen LogP contribution in [0.1, 0.15) is 16.8 Å². The van der Waals surface area contributed by atoms with Crippen LogP contribution in [0.4, 0.5) is 4.79 Å². The number of aliphatic hydroxyl groups is 1. The second-order valence-corrected chi connectivity index (χ2v) is 8.32. The van der Waals surface area contributed by atoms with Crippen LogP contribution in [0, 0.1) is 13.8 Å². The first-order valence-electron chi connectivity index (χ1n) is 10.9. The lowest BCUT2D eigenvalue weighted by atomic mass is 9.99. The van der Waals surface area contributed by atoms with Crippen LogP contribution in [0.2, 0.25) is 5.02 Å². The van der Waals surface area contributed by atoms with E-state index in [0.717, 1.165) is 16.9 Å². The molecule has 7 heteroatoms. The molecule has 0 radical (unpaired) electrons. The summed E-state index contributed by atoms with van der Waals surface area (Å²) in [5.74, 6) is 1.66. The van der Waals surface area contributed by atoms with Crippen LogP contribution >= 0.6 is 11.6 Å². The standard InChI is InChI=1S/C28H24ClNO5/c1-4-13-33-28(32)35-27-23-15-24(29)20(16-31)14-25(23)30-18(3)26(27)19-7-11-22(12-8-19)34-21-9-5-17(2)6-10-21/h4-12,14-15,31H,1,13,16H2,2-3H3. The van der Waals surface area contributed by atoms with E-state index in [9.17, 15) is 9.90 Å². The molecule has 0 saturated heterocycles. The van der Waals surface area contributed by atoms with Crippen molar-refractivity contribution in [3.63, 3.8) is 0 Å². The summed E-state index contributed by atoms with van der Waals surface area (Å²) in [5.41, 5.74) is 4.21. The van der Waals surface area contributed by atoms with Gasteiger partial charge < -0.3 is 19.3 Å². The number of hydrogen-bond donors (Lipinski definition) is 1. The molecule has 4 aromatic rings. The Morgan fingerprint density at radius 1 is 1.06 bits per heavy atom. The highest BCUT2D eigenvalue weighted by atomic mass is 35.5. The molecule has 1 N–H and O–H groups in total. The number of halogens is 1. The van der Waals surface area contributed by atoms with Gasteiger partial charge in [-0.25, -0.2) is 4.79 Å². The molecule has 6 nitrogen and oxygen atoms in total. The summed E-state index contributed by atoms with van der Waals surface area (Å²) in [7, 11) is 0. The number of ether oxygens (including phenoxy) is 3. The average molecular weight is 490 g/mol. The predicted octanol–water partition coefficient (Wildman–Crippen LogP) is 7.16. The zero-order valence-electron chi connectivity index (χ0n) is 19.4. The number of hydrogen-bond acceptors (Lipinski definition) is 6. The quantitative estimate of drug-likeness (QED) is 0.219. The van der Waals surface area contributed by atoms with Gasteiger partial charge in [0.25, 0.3) is 0 Å². The normalized spacial score (nSPS) is 10.7. The number of aryl methyl sites for hydroxylation is 2. The maximum absolute atomic E-state index is 12.4. The molecule has 0 amide bonds. The first-order valence-corrected chi connectivity index (χ1v) is 11.3. The number of carbonyl (C=O) groups is 1. The van der Waals surface area contributed by atoms with Crippen LogP contribution in [0.5, 0.6) is 17.2 Å². The molecule has 0 atom stereocenters.